The third kappa shape index (κ3) is 12.0. The first kappa shape index (κ1) is 16.8. The molecule has 0 aliphatic carbocycles. The fourth-order valence-corrected chi connectivity index (χ4v) is 1.15. The van der Waals surface area contributed by atoms with Crippen molar-refractivity contribution in [1.82, 2.24) is 5.32 Å². The second-order valence-electron chi connectivity index (χ2n) is 4.18. The van der Waals surface area contributed by atoms with Crippen molar-refractivity contribution in [2.45, 2.75) is 32.2 Å². The topological polar surface area (TPSA) is 97.0 Å². The van der Waals surface area contributed by atoms with Crippen LogP contribution in [0.2, 0.25) is 0 Å². The molecule has 0 radical (unpaired) electrons. The van der Waals surface area contributed by atoms with E-state index in [1.807, 2.05) is 6.92 Å². The van der Waals surface area contributed by atoms with Crippen LogP contribution >= 0.6 is 0 Å². The summed E-state index contributed by atoms with van der Waals surface area (Å²) < 4.78 is 10.6. The van der Waals surface area contributed by atoms with Crippen molar-refractivity contribution in [3.63, 3.8) is 0 Å². The Morgan fingerprint density at radius 2 is 1.88 bits per heavy atom. The molecule has 0 fully saturated rings. The molecule has 17 heavy (non-hydrogen) atoms. The van der Waals surface area contributed by atoms with Crippen molar-refractivity contribution in [3.05, 3.63) is 0 Å². The van der Waals surface area contributed by atoms with E-state index in [2.05, 4.69) is 5.32 Å². The smallest absolute Gasteiger partial charge is 0.0897 e. The molecule has 6 heteroatoms. The van der Waals surface area contributed by atoms with E-state index in [1.54, 1.807) is 6.92 Å². The zero-order chi connectivity index (χ0) is 13.1. The molecule has 104 valence electrons. The SMILES string of the molecule is CC(O)COC(C)COCC(O)CNCCN. The van der Waals surface area contributed by atoms with Gasteiger partial charge in [-0.15, -0.1) is 0 Å². The molecule has 3 atom stereocenters. The van der Waals surface area contributed by atoms with E-state index in [9.17, 15) is 5.11 Å². The van der Waals surface area contributed by atoms with Crippen molar-refractivity contribution in [2.24, 2.45) is 5.73 Å². The summed E-state index contributed by atoms with van der Waals surface area (Å²) in [6.45, 7) is 6.20. The van der Waals surface area contributed by atoms with Crippen molar-refractivity contribution in [1.29, 1.82) is 0 Å². The maximum atomic E-state index is 9.50. The van der Waals surface area contributed by atoms with Crippen LogP contribution in [0.1, 0.15) is 13.8 Å². The maximum Gasteiger partial charge on any atom is 0.0897 e. The Morgan fingerprint density at radius 3 is 2.47 bits per heavy atom. The predicted octanol–water partition coefficient (Wildman–Crippen LogP) is -1.30. The molecule has 0 aliphatic heterocycles. The second kappa shape index (κ2) is 10.9. The van der Waals surface area contributed by atoms with E-state index in [1.165, 1.54) is 0 Å². The highest BCUT2D eigenvalue weighted by Gasteiger charge is 2.07. The first-order chi connectivity index (χ1) is 8.06. The Labute approximate surface area is 103 Å². The molecule has 0 rings (SSSR count). The van der Waals surface area contributed by atoms with E-state index in [0.717, 1.165) is 0 Å². The first-order valence-electron chi connectivity index (χ1n) is 6.02. The Hall–Kier alpha value is -0.240. The third-order valence-electron chi connectivity index (χ3n) is 1.99. The fourth-order valence-electron chi connectivity index (χ4n) is 1.15. The average molecular weight is 250 g/mol. The maximum absolute atomic E-state index is 9.50. The molecule has 0 spiro atoms. The van der Waals surface area contributed by atoms with Crippen LogP contribution in [-0.4, -0.2) is 68.0 Å². The van der Waals surface area contributed by atoms with E-state index in [-0.39, 0.29) is 12.7 Å². The molecular formula is C11H26N2O4. The number of aliphatic hydroxyl groups excluding tert-OH is 2. The molecule has 0 aliphatic rings. The molecule has 0 saturated carbocycles. The normalized spacial score (nSPS) is 16.8. The highest BCUT2D eigenvalue weighted by Crippen LogP contribution is 1.95. The van der Waals surface area contributed by atoms with E-state index in [0.29, 0.717) is 32.8 Å². The molecule has 0 aromatic carbocycles. The average Bonchev–Trinajstić information content (AvgIpc) is 2.27. The van der Waals surface area contributed by atoms with Crippen LogP contribution in [-0.2, 0) is 9.47 Å². The quantitative estimate of drug-likeness (QED) is 0.340. The van der Waals surface area contributed by atoms with Gasteiger partial charge in [0.2, 0.25) is 0 Å². The lowest BCUT2D eigenvalue weighted by Gasteiger charge is -2.16. The third-order valence-corrected chi connectivity index (χ3v) is 1.99. The van der Waals surface area contributed by atoms with Gasteiger partial charge in [-0.05, 0) is 13.8 Å². The van der Waals surface area contributed by atoms with Gasteiger partial charge in [0.15, 0.2) is 0 Å². The van der Waals surface area contributed by atoms with Crippen LogP contribution in [0.3, 0.4) is 0 Å². The minimum Gasteiger partial charge on any atom is -0.391 e. The van der Waals surface area contributed by atoms with Gasteiger partial charge in [-0.1, -0.05) is 0 Å². The summed E-state index contributed by atoms with van der Waals surface area (Å²) in [5.74, 6) is 0. The number of hydrogen-bond acceptors (Lipinski definition) is 6. The monoisotopic (exact) mass is 250 g/mol. The van der Waals surface area contributed by atoms with E-state index >= 15 is 0 Å². The van der Waals surface area contributed by atoms with Gasteiger partial charge in [0.25, 0.3) is 0 Å². The highest BCUT2D eigenvalue weighted by molar-refractivity contribution is 4.59. The standard InChI is InChI=1S/C11H26N2O4/c1-9(14)6-17-10(2)7-16-8-11(15)5-13-4-3-12/h9-11,13-15H,3-8,12H2,1-2H3. The molecule has 0 aromatic rings. The summed E-state index contributed by atoms with van der Waals surface area (Å²) in [4.78, 5) is 0. The van der Waals surface area contributed by atoms with Gasteiger partial charge in [0.1, 0.15) is 0 Å². The Bertz CT molecular complexity index is 170. The molecule has 5 N–H and O–H groups in total. The van der Waals surface area contributed by atoms with Crippen molar-refractivity contribution < 1.29 is 19.7 Å². The lowest BCUT2D eigenvalue weighted by atomic mass is 10.3. The molecule has 0 aromatic heterocycles. The van der Waals surface area contributed by atoms with Crippen molar-refractivity contribution in [3.8, 4) is 0 Å². The summed E-state index contributed by atoms with van der Waals surface area (Å²) in [5.41, 5.74) is 5.30. The van der Waals surface area contributed by atoms with Gasteiger partial charge in [-0.3, -0.25) is 0 Å². The van der Waals surface area contributed by atoms with Gasteiger partial charge >= 0.3 is 0 Å². The van der Waals surface area contributed by atoms with Gasteiger partial charge in [-0.2, -0.15) is 0 Å². The minimum atomic E-state index is -0.537. The first-order valence-corrected chi connectivity index (χ1v) is 6.02. The van der Waals surface area contributed by atoms with Crippen LogP contribution in [0.15, 0.2) is 0 Å². The van der Waals surface area contributed by atoms with Crippen molar-refractivity contribution >= 4 is 0 Å². The molecule has 6 nitrogen and oxygen atoms in total. The van der Waals surface area contributed by atoms with Gasteiger partial charge < -0.3 is 30.7 Å². The summed E-state index contributed by atoms with van der Waals surface area (Å²) in [7, 11) is 0. The van der Waals surface area contributed by atoms with E-state index in [4.69, 9.17) is 20.3 Å². The number of aliphatic hydroxyl groups is 2. The highest BCUT2D eigenvalue weighted by atomic mass is 16.5. The lowest BCUT2D eigenvalue weighted by molar-refractivity contribution is -0.0509. The summed E-state index contributed by atoms with van der Waals surface area (Å²) in [6.07, 6.45) is -1.09. The largest absolute Gasteiger partial charge is 0.391 e. The molecule has 0 bridgehead atoms. The van der Waals surface area contributed by atoms with Gasteiger partial charge in [0, 0.05) is 19.6 Å². The molecule has 0 saturated heterocycles. The Balaban J connectivity index is 3.35. The number of nitrogens with one attached hydrogen (secondary N) is 1. The molecule has 3 unspecified atom stereocenters. The summed E-state index contributed by atoms with van der Waals surface area (Å²) in [6, 6.07) is 0. The van der Waals surface area contributed by atoms with Crippen LogP contribution in [0.4, 0.5) is 0 Å². The predicted molar refractivity (Wildman–Crippen MR) is 65.8 cm³/mol. The lowest BCUT2D eigenvalue weighted by Crippen LogP contribution is -2.34. The number of nitrogens with two attached hydrogens (primary N) is 1. The van der Waals surface area contributed by atoms with Crippen LogP contribution in [0.25, 0.3) is 0 Å². The molecule has 0 amide bonds. The number of rotatable bonds is 11. The molecule has 0 heterocycles. The zero-order valence-electron chi connectivity index (χ0n) is 10.8. The van der Waals surface area contributed by atoms with E-state index < -0.39 is 12.2 Å². The Morgan fingerprint density at radius 1 is 1.18 bits per heavy atom. The summed E-state index contributed by atoms with van der Waals surface area (Å²) >= 11 is 0. The summed E-state index contributed by atoms with van der Waals surface area (Å²) in [5, 5.41) is 21.5. The van der Waals surface area contributed by atoms with Gasteiger partial charge in [-0.25, -0.2) is 0 Å². The Kier molecular flexibility index (Phi) is 10.7. The molecular weight excluding hydrogens is 224 g/mol. The zero-order valence-corrected chi connectivity index (χ0v) is 10.8. The van der Waals surface area contributed by atoms with Crippen LogP contribution < -0.4 is 11.1 Å². The van der Waals surface area contributed by atoms with Crippen molar-refractivity contribution in [2.75, 3.05) is 39.5 Å². The number of hydrogen-bond donors (Lipinski definition) is 4. The van der Waals surface area contributed by atoms with Gasteiger partial charge in [0.05, 0.1) is 38.1 Å². The second-order valence-corrected chi connectivity index (χ2v) is 4.18. The number of ether oxygens (including phenoxy) is 2. The van der Waals surface area contributed by atoms with Crippen LogP contribution in [0, 0.1) is 0 Å². The fraction of sp³-hybridized carbons (Fsp3) is 1.00. The minimum absolute atomic E-state index is 0.0891. The van der Waals surface area contributed by atoms with Crippen LogP contribution in [0.5, 0.6) is 0 Å².